The number of nitrogens with zero attached hydrogens (tertiary/aromatic N) is 3. The van der Waals surface area contributed by atoms with Gasteiger partial charge >= 0.3 is 0 Å². The fourth-order valence-electron chi connectivity index (χ4n) is 2.53. The normalized spacial score (nSPS) is 12.5. The van der Waals surface area contributed by atoms with E-state index in [1.807, 2.05) is 51.9 Å². The van der Waals surface area contributed by atoms with Crippen molar-refractivity contribution in [3.63, 3.8) is 0 Å². The number of hydrogen-bond acceptors (Lipinski definition) is 4. The van der Waals surface area contributed by atoms with E-state index in [0.29, 0.717) is 25.5 Å². The summed E-state index contributed by atoms with van der Waals surface area (Å²) >= 11 is 0. The lowest BCUT2D eigenvalue weighted by Crippen LogP contribution is -2.40. The molecule has 1 rings (SSSR count). The third kappa shape index (κ3) is 8.39. The van der Waals surface area contributed by atoms with Crippen LogP contribution in [0, 0.1) is 0 Å². The number of carbonyl (C=O) groups excluding carboxylic acids is 1. The standard InChI is InChI=1S/C18H33N5O2.HI/c1-6-19-18(20-12-11-17(24)23(7-2)8-3)21-14-15(22(4)5)16-10-9-13-25-16;/h9-10,13,15H,6-8,11-12,14H2,1-5H3,(H2,19,20,21);1H. The zero-order chi connectivity index (χ0) is 18.7. The Morgan fingerprint density at radius 1 is 1.23 bits per heavy atom. The molecular formula is C18H34IN5O2. The van der Waals surface area contributed by atoms with Gasteiger partial charge in [0.1, 0.15) is 5.76 Å². The molecule has 0 saturated carbocycles. The van der Waals surface area contributed by atoms with Gasteiger partial charge in [0.05, 0.1) is 18.8 Å². The Morgan fingerprint density at radius 2 is 1.92 bits per heavy atom. The molecule has 1 aromatic heterocycles. The van der Waals surface area contributed by atoms with Gasteiger partial charge in [-0.25, -0.2) is 0 Å². The monoisotopic (exact) mass is 479 g/mol. The summed E-state index contributed by atoms with van der Waals surface area (Å²) in [5.74, 6) is 1.77. The maximum atomic E-state index is 12.1. The molecule has 1 aromatic rings. The zero-order valence-corrected chi connectivity index (χ0v) is 18.9. The number of likely N-dealkylation sites (N-methyl/N-ethyl adjacent to an activating group) is 1. The zero-order valence-electron chi connectivity index (χ0n) is 16.6. The highest BCUT2D eigenvalue weighted by atomic mass is 127. The van der Waals surface area contributed by atoms with Crippen LogP contribution >= 0.6 is 24.0 Å². The third-order valence-electron chi connectivity index (χ3n) is 4.01. The Morgan fingerprint density at radius 3 is 2.42 bits per heavy atom. The van der Waals surface area contributed by atoms with Crippen molar-refractivity contribution in [2.24, 2.45) is 4.99 Å². The summed E-state index contributed by atoms with van der Waals surface area (Å²) in [5, 5.41) is 6.45. The summed E-state index contributed by atoms with van der Waals surface area (Å²) in [6.45, 7) is 9.41. The highest BCUT2D eigenvalue weighted by Gasteiger charge is 2.16. The average molecular weight is 479 g/mol. The number of furan rings is 1. The Kier molecular flexibility index (Phi) is 13.2. The summed E-state index contributed by atoms with van der Waals surface area (Å²) in [5.41, 5.74) is 0. The van der Waals surface area contributed by atoms with Crippen LogP contribution in [0.1, 0.15) is 39.0 Å². The maximum Gasteiger partial charge on any atom is 0.224 e. The smallest absolute Gasteiger partial charge is 0.224 e. The van der Waals surface area contributed by atoms with Crippen LogP contribution in [0.3, 0.4) is 0 Å². The fourth-order valence-corrected chi connectivity index (χ4v) is 2.53. The molecule has 0 aromatic carbocycles. The molecule has 1 atom stereocenters. The molecule has 150 valence electrons. The van der Waals surface area contributed by atoms with Gasteiger partial charge in [-0.15, -0.1) is 24.0 Å². The lowest BCUT2D eigenvalue weighted by atomic mass is 10.2. The van der Waals surface area contributed by atoms with Gasteiger partial charge in [-0.1, -0.05) is 0 Å². The first kappa shape index (κ1) is 24.7. The molecule has 0 spiro atoms. The average Bonchev–Trinajstić information content (AvgIpc) is 3.10. The SMILES string of the molecule is CCNC(=NCC(c1ccco1)N(C)C)NCCC(=O)N(CC)CC.I. The van der Waals surface area contributed by atoms with Crippen LogP contribution in [-0.2, 0) is 4.79 Å². The van der Waals surface area contributed by atoms with E-state index in [1.165, 1.54) is 0 Å². The van der Waals surface area contributed by atoms with E-state index < -0.39 is 0 Å². The summed E-state index contributed by atoms with van der Waals surface area (Å²) in [7, 11) is 4.01. The predicted molar refractivity (Wildman–Crippen MR) is 117 cm³/mol. The molecular weight excluding hydrogens is 445 g/mol. The topological polar surface area (TPSA) is 73.1 Å². The first-order valence-electron chi connectivity index (χ1n) is 9.03. The second kappa shape index (κ2) is 13.9. The van der Waals surface area contributed by atoms with E-state index >= 15 is 0 Å². The number of rotatable bonds is 10. The Labute approximate surface area is 174 Å². The minimum Gasteiger partial charge on any atom is -0.468 e. The van der Waals surface area contributed by atoms with Crippen LogP contribution in [0.5, 0.6) is 0 Å². The largest absolute Gasteiger partial charge is 0.468 e. The second-order valence-electron chi connectivity index (χ2n) is 5.96. The van der Waals surface area contributed by atoms with Crippen molar-refractivity contribution in [2.75, 3.05) is 46.8 Å². The Bertz CT molecular complexity index is 516. The molecule has 0 aliphatic heterocycles. The molecule has 26 heavy (non-hydrogen) atoms. The van der Waals surface area contributed by atoms with Crippen molar-refractivity contribution in [3.8, 4) is 0 Å². The van der Waals surface area contributed by atoms with E-state index in [2.05, 4.69) is 20.5 Å². The van der Waals surface area contributed by atoms with Gasteiger partial charge in [-0.2, -0.15) is 0 Å². The molecule has 8 heteroatoms. The molecule has 1 unspecified atom stereocenters. The van der Waals surface area contributed by atoms with Gasteiger partial charge in [0, 0.05) is 32.6 Å². The molecule has 0 saturated heterocycles. The van der Waals surface area contributed by atoms with Crippen LogP contribution in [0.2, 0.25) is 0 Å². The van der Waals surface area contributed by atoms with Crippen molar-refractivity contribution in [1.82, 2.24) is 20.4 Å². The molecule has 0 fully saturated rings. The molecule has 0 radical (unpaired) electrons. The number of carbonyl (C=O) groups is 1. The molecule has 2 N–H and O–H groups in total. The van der Waals surface area contributed by atoms with Crippen LogP contribution in [-0.4, -0.2) is 68.5 Å². The van der Waals surface area contributed by atoms with E-state index in [0.717, 1.165) is 25.4 Å². The third-order valence-corrected chi connectivity index (χ3v) is 4.01. The first-order valence-corrected chi connectivity index (χ1v) is 9.03. The summed E-state index contributed by atoms with van der Waals surface area (Å²) < 4.78 is 5.51. The first-order chi connectivity index (χ1) is 12.0. The summed E-state index contributed by atoms with van der Waals surface area (Å²) in [6, 6.07) is 3.92. The number of guanidine groups is 1. The molecule has 1 amide bonds. The van der Waals surface area contributed by atoms with Crippen molar-refractivity contribution in [2.45, 2.75) is 33.2 Å². The van der Waals surface area contributed by atoms with Gasteiger partial charge in [-0.3, -0.25) is 14.7 Å². The highest BCUT2D eigenvalue weighted by molar-refractivity contribution is 14.0. The van der Waals surface area contributed by atoms with Crippen molar-refractivity contribution < 1.29 is 9.21 Å². The predicted octanol–water partition coefficient (Wildman–Crippen LogP) is 2.31. The highest BCUT2D eigenvalue weighted by Crippen LogP contribution is 2.18. The lowest BCUT2D eigenvalue weighted by molar-refractivity contribution is -0.130. The quantitative estimate of drug-likeness (QED) is 0.306. The van der Waals surface area contributed by atoms with E-state index in [9.17, 15) is 4.79 Å². The molecule has 0 aliphatic rings. The Balaban J connectivity index is 0.00000625. The molecule has 0 aliphatic carbocycles. The molecule has 0 bridgehead atoms. The van der Waals surface area contributed by atoms with E-state index in [1.54, 1.807) is 6.26 Å². The van der Waals surface area contributed by atoms with Gasteiger partial charge in [0.25, 0.3) is 0 Å². The van der Waals surface area contributed by atoms with Crippen molar-refractivity contribution >= 4 is 35.8 Å². The molecule has 1 heterocycles. The summed E-state index contributed by atoms with van der Waals surface area (Å²) in [6.07, 6.45) is 2.14. The van der Waals surface area contributed by atoms with Gasteiger partial charge < -0.3 is 20.0 Å². The minimum atomic E-state index is 0. The minimum absolute atomic E-state index is 0. The van der Waals surface area contributed by atoms with Crippen LogP contribution in [0.15, 0.2) is 27.8 Å². The van der Waals surface area contributed by atoms with Crippen molar-refractivity contribution in [1.29, 1.82) is 0 Å². The number of halogens is 1. The van der Waals surface area contributed by atoms with E-state index in [4.69, 9.17) is 4.42 Å². The van der Waals surface area contributed by atoms with Gasteiger partial charge in [-0.05, 0) is 47.0 Å². The Hall–Kier alpha value is -1.29. The van der Waals surface area contributed by atoms with Crippen LogP contribution in [0.4, 0.5) is 0 Å². The van der Waals surface area contributed by atoms with Crippen LogP contribution < -0.4 is 10.6 Å². The maximum absolute atomic E-state index is 12.1. The fraction of sp³-hybridized carbons (Fsp3) is 0.667. The number of amides is 1. The van der Waals surface area contributed by atoms with E-state index in [-0.39, 0.29) is 35.9 Å². The van der Waals surface area contributed by atoms with Crippen molar-refractivity contribution in [3.05, 3.63) is 24.2 Å². The van der Waals surface area contributed by atoms with Gasteiger partial charge in [0.15, 0.2) is 5.96 Å². The number of nitrogens with one attached hydrogen (secondary N) is 2. The molecule has 7 nitrogen and oxygen atoms in total. The second-order valence-corrected chi connectivity index (χ2v) is 5.96. The van der Waals surface area contributed by atoms with Crippen LogP contribution in [0.25, 0.3) is 0 Å². The lowest BCUT2D eigenvalue weighted by Gasteiger charge is -2.21. The number of hydrogen-bond donors (Lipinski definition) is 2. The number of aliphatic imine (C=N–C) groups is 1. The van der Waals surface area contributed by atoms with Gasteiger partial charge in [0.2, 0.25) is 5.91 Å². The summed E-state index contributed by atoms with van der Waals surface area (Å²) in [4.78, 5) is 20.6.